The molecule has 0 fully saturated rings. The molecule has 1 amide bonds. The van der Waals surface area contributed by atoms with Crippen LogP contribution in [0.15, 0.2) is 60.2 Å². The van der Waals surface area contributed by atoms with Gasteiger partial charge >= 0.3 is 0 Å². The van der Waals surface area contributed by atoms with E-state index in [1.165, 1.54) is 18.2 Å². The van der Waals surface area contributed by atoms with Gasteiger partial charge in [0.2, 0.25) is 0 Å². The summed E-state index contributed by atoms with van der Waals surface area (Å²) in [7, 11) is 0. The highest BCUT2D eigenvalue weighted by molar-refractivity contribution is 14.1. The quantitative estimate of drug-likeness (QED) is 0.127. The number of nitriles is 1. The van der Waals surface area contributed by atoms with E-state index in [1.807, 2.05) is 19.1 Å². The first-order chi connectivity index (χ1) is 16.3. The Kier molecular flexibility index (Phi) is 9.05. The average molecular weight is 609 g/mol. The van der Waals surface area contributed by atoms with E-state index in [2.05, 4.69) is 27.9 Å². The van der Waals surface area contributed by atoms with Gasteiger partial charge in [0, 0.05) is 5.69 Å². The van der Waals surface area contributed by atoms with Gasteiger partial charge in [0.25, 0.3) is 5.91 Å². The number of benzene rings is 3. The zero-order chi connectivity index (χ0) is 24.7. The minimum absolute atomic E-state index is 0.0774. The smallest absolute Gasteiger partial charge is 0.266 e. The van der Waals surface area contributed by atoms with Gasteiger partial charge in [-0.3, -0.25) is 4.79 Å². The van der Waals surface area contributed by atoms with E-state index in [4.69, 9.17) is 32.7 Å². The number of nitrogens with zero attached hydrogens (tertiary/aromatic N) is 1. The van der Waals surface area contributed by atoms with Crippen molar-refractivity contribution < 1.29 is 19.4 Å². The molecule has 0 unspecified atom stereocenters. The Hall–Kier alpha value is -2.93. The molecule has 0 saturated carbocycles. The number of carbonyl (C=O) groups excluding carboxylic acids is 1. The summed E-state index contributed by atoms with van der Waals surface area (Å²) in [4.78, 5) is 12.6. The van der Waals surface area contributed by atoms with Crippen LogP contribution < -0.4 is 14.8 Å². The van der Waals surface area contributed by atoms with Gasteiger partial charge in [0.15, 0.2) is 11.5 Å². The number of hydrogen-bond donors (Lipinski definition) is 2. The number of phenols is 1. The largest absolute Gasteiger partial charge is 0.508 e. The Morgan fingerprint density at radius 2 is 1.85 bits per heavy atom. The fraction of sp³-hybridized carbons (Fsp3) is 0.120. The second-order valence-electron chi connectivity index (χ2n) is 6.97. The molecule has 0 radical (unpaired) electrons. The van der Waals surface area contributed by atoms with Crippen LogP contribution in [0.5, 0.6) is 17.2 Å². The molecule has 0 aliphatic carbocycles. The van der Waals surface area contributed by atoms with Crippen molar-refractivity contribution in [3.05, 3.63) is 84.9 Å². The molecule has 2 N–H and O–H groups in total. The molecule has 174 valence electrons. The number of carbonyl (C=O) groups is 1. The molecule has 0 aliphatic rings. The summed E-state index contributed by atoms with van der Waals surface area (Å²) in [6.45, 7) is 2.50. The van der Waals surface area contributed by atoms with Gasteiger partial charge in [0.05, 0.1) is 20.2 Å². The SMILES string of the molecule is CCOc1cc(/C=C(\C#N)C(=O)Nc2ccc(O)cc2)cc(I)c1OCc1ccc(Cl)c(Cl)c1. The van der Waals surface area contributed by atoms with Crippen LogP contribution in [0.4, 0.5) is 5.69 Å². The maximum atomic E-state index is 12.6. The van der Waals surface area contributed by atoms with Gasteiger partial charge < -0.3 is 19.9 Å². The number of ether oxygens (including phenoxy) is 2. The third-order valence-corrected chi connectivity index (χ3v) is 6.04. The Morgan fingerprint density at radius 3 is 2.50 bits per heavy atom. The molecule has 3 aromatic carbocycles. The Labute approximate surface area is 220 Å². The van der Waals surface area contributed by atoms with Crippen molar-refractivity contribution in [2.75, 3.05) is 11.9 Å². The number of rotatable bonds is 8. The molecule has 0 bridgehead atoms. The van der Waals surface area contributed by atoms with Crippen molar-refractivity contribution in [2.45, 2.75) is 13.5 Å². The fourth-order valence-electron chi connectivity index (χ4n) is 2.92. The Balaban J connectivity index is 1.84. The van der Waals surface area contributed by atoms with Crippen molar-refractivity contribution in [3.8, 4) is 23.3 Å². The van der Waals surface area contributed by atoms with Crippen LogP contribution >= 0.6 is 45.8 Å². The van der Waals surface area contributed by atoms with Crippen LogP contribution in [0, 0.1) is 14.9 Å². The van der Waals surface area contributed by atoms with Gasteiger partial charge in [-0.2, -0.15) is 5.26 Å². The fourth-order valence-corrected chi connectivity index (χ4v) is 4.02. The lowest BCUT2D eigenvalue weighted by molar-refractivity contribution is -0.112. The molecular formula is C25H19Cl2IN2O4. The number of phenolic OH excluding ortho intramolecular Hbond substituents is 1. The van der Waals surface area contributed by atoms with E-state index in [0.717, 1.165) is 9.13 Å². The third-order valence-electron chi connectivity index (χ3n) is 4.50. The van der Waals surface area contributed by atoms with Gasteiger partial charge in [-0.15, -0.1) is 0 Å². The first-order valence-electron chi connectivity index (χ1n) is 10.1. The van der Waals surface area contributed by atoms with Gasteiger partial charge in [0.1, 0.15) is 24.0 Å². The molecule has 6 nitrogen and oxygen atoms in total. The number of aromatic hydroxyl groups is 1. The summed E-state index contributed by atoms with van der Waals surface area (Å²) in [6, 6.07) is 16.7. The normalized spacial score (nSPS) is 11.0. The number of amides is 1. The highest BCUT2D eigenvalue weighted by atomic mass is 127. The summed E-state index contributed by atoms with van der Waals surface area (Å²) >= 11 is 14.2. The van der Waals surface area contributed by atoms with Gasteiger partial charge in [-0.25, -0.2) is 0 Å². The Bertz CT molecular complexity index is 1270. The van der Waals surface area contributed by atoms with Crippen LogP contribution in [-0.2, 0) is 11.4 Å². The molecule has 9 heteroatoms. The summed E-state index contributed by atoms with van der Waals surface area (Å²) in [5.41, 5.74) is 1.82. The second kappa shape index (κ2) is 12.0. The average Bonchev–Trinajstić information content (AvgIpc) is 2.80. The number of anilines is 1. The predicted octanol–water partition coefficient (Wildman–Crippen LogP) is 6.83. The van der Waals surface area contributed by atoms with Crippen LogP contribution in [0.2, 0.25) is 10.0 Å². The maximum Gasteiger partial charge on any atom is 0.266 e. The minimum Gasteiger partial charge on any atom is -0.508 e. The summed E-state index contributed by atoms with van der Waals surface area (Å²) in [5, 5.41) is 22.4. The lowest BCUT2D eigenvalue weighted by Crippen LogP contribution is -2.13. The molecular weight excluding hydrogens is 590 g/mol. The molecule has 0 saturated heterocycles. The van der Waals surface area contributed by atoms with Gasteiger partial charge in [-0.1, -0.05) is 29.3 Å². The molecule has 3 rings (SSSR count). The van der Waals surface area contributed by atoms with E-state index in [0.29, 0.717) is 39.4 Å². The Morgan fingerprint density at radius 1 is 1.12 bits per heavy atom. The second-order valence-corrected chi connectivity index (χ2v) is 8.95. The summed E-state index contributed by atoms with van der Waals surface area (Å²) in [6.07, 6.45) is 1.48. The molecule has 0 spiro atoms. The number of halogens is 3. The van der Waals surface area contributed by atoms with Crippen molar-refractivity contribution in [2.24, 2.45) is 0 Å². The van der Waals surface area contributed by atoms with Crippen LogP contribution in [0.25, 0.3) is 6.08 Å². The standard InChI is InChI=1S/C25H19Cl2IN2O4/c1-2-33-23-12-16(9-17(13-29)25(32)30-18-4-6-19(31)7-5-18)11-22(28)24(23)34-14-15-3-8-20(26)21(27)10-15/h3-12,31H,2,14H2,1H3,(H,30,32)/b17-9+. The molecule has 0 aliphatic heterocycles. The molecule has 34 heavy (non-hydrogen) atoms. The maximum absolute atomic E-state index is 12.6. The van der Waals surface area contributed by atoms with Gasteiger partial charge in [-0.05, 0) is 95.2 Å². The molecule has 0 heterocycles. The number of hydrogen-bond acceptors (Lipinski definition) is 5. The highest BCUT2D eigenvalue weighted by Crippen LogP contribution is 2.36. The van der Waals surface area contributed by atoms with E-state index in [1.54, 1.807) is 36.4 Å². The van der Waals surface area contributed by atoms with Crippen molar-refractivity contribution in [1.29, 1.82) is 5.26 Å². The van der Waals surface area contributed by atoms with E-state index >= 15 is 0 Å². The van der Waals surface area contributed by atoms with E-state index in [-0.39, 0.29) is 17.9 Å². The number of nitrogens with one attached hydrogen (secondary N) is 1. The first-order valence-corrected chi connectivity index (χ1v) is 11.9. The third kappa shape index (κ3) is 6.79. The van der Waals surface area contributed by atoms with E-state index in [9.17, 15) is 15.2 Å². The monoisotopic (exact) mass is 608 g/mol. The zero-order valence-corrected chi connectivity index (χ0v) is 21.6. The van der Waals surface area contributed by atoms with Crippen LogP contribution in [-0.4, -0.2) is 17.6 Å². The van der Waals surface area contributed by atoms with Crippen LogP contribution in [0.3, 0.4) is 0 Å². The van der Waals surface area contributed by atoms with Crippen molar-refractivity contribution in [3.63, 3.8) is 0 Å². The van der Waals surface area contributed by atoms with Crippen LogP contribution in [0.1, 0.15) is 18.1 Å². The topological polar surface area (TPSA) is 91.6 Å². The molecule has 0 atom stereocenters. The van der Waals surface area contributed by atoms with Crippen molar-refractivity contribution >= 4 is 63.5 Å². The summed E-state index contributed by atoms with van der Waals surface area (Å²) < 4.78 is 12.5. The van der Waals surface area contributed by atoms with E-state index < -0.39 is 5.91 Å². The minimum atomic E-state index is -0.568. The lowest BCUT2D eigenvalue weighted by atomic mass is 10.1. The molecule has 0 aromatic heterocycles. The molecule has 3 aromatic rings. The lowest BCUT2D eigenvalue weighted by Gasteiger charge is -2.15. The van der Waals surface area contributed by atoms with Crippen molar-refractivity contribution in [1.82, 2.24) is 0 Å². The summed E-state index contributed by atoms with van der Waals surface area (Å²) in [5.74, 6) is 0.532. The highest BCUT2D eigenvalue weighted by Gasteiger charge is 2.15. The predicted molar refractivity (Wildman–Crippen MR) is 141 cm³/mol. The first kappa shape index (κ1) is 25.7. The zero-order valence-electron chi connectivity index (χ0n) is 17.9.